The molecule has 1 atom stereocenters. The van der Waals surface area contributed by atoms with Crippen molar-refractivity contribution in [2.24, 2.45) is 0 Å². The molecule has 4 heteroatoms. The number of carbonyl (C=O) groups is 1. The van der Waals surface area contributed by atoms with Gasteiger partial charge in [-0.05, 0) is 51.5 Å². The lowest BCUT2D eigenvalue weighted by molar-refractivity contribution is 0.0912. The molecule has 0 aliphatic rings. The average molecular weight is 274 g/mol. The van der Waals surface area contributed by atoms with Gasteiger partial charge in [-0.3, -0.25) is 4.79 Å². The Morgan fingerprint density at radius 1 is 1.41 bits per heavy atom. The minimum Gasteiger partial charge on any atom is -0.346 e. The molecule has 1 aromatic rings. The number of aryl methyl sites for hydroxylation is 1. The van der Waals surface area contributed by atoms with Crippen molar-refractivity contribution >= 4 is 29.1 Å². The third-order valence-electron chi connectivity index (χ3n) is 2.86. The number of benzene rings is 1. The SMILES string of the molecule is Cc1cc(Cl)ccc1C(=O)NC(C)(C)C(C)Cl. The third-order valence-corrected chi connectivity index (χ3v) is 3.64. The van der Waals surface area contributed by atoms with Crippen LogP contribution in [0.25, 0.3) is 0 Å². The number of hydrogen-bond donors (Lipinski definition) is 1. The zero-order valence-corrected chi connectivity index (χ0v) is 12.0. The van der Waals surface area contributed by atoms with E-state index in [0.29, 0.717) is 10.6 Å². The van der Waals surface area contributed by atoms with Crippen LogP contribution in [0, 0.1) is 6.92 Å². The Morgan fingerprint density at radius 2 is 2.00 bits per heavy atom. The van der Waals surface area contributed by atoms with Crippen LogP contribution in [0.2, 0.25) is 5.02 Å². The molecular formula is C13H17Cl2NO. The van der Waals surface area contributed by atoms with E-state index in [0.717, 1.165) is 5.56 Å². The van der Waals surface area contributed by atoms with E-state index >= 15 is 0 Å². The van der Waals surface area contributed by atoms with Crippen LogP contribution in [0.15, 0.2) is 18.2 Å². The average Bonchev–Trinajstić information content (AvgIpc) is 2.15. The summed E-state index contributed by atoms with van der Waals surface area (Å²) in [6.07, 6.45) is 0. The number of alkyl halides is 1. The number of hydrogen-bond acceptors (Lipinski definition) is 1. The van der Waals surface area contributed by atoms with Gasteiger partial charge in [-0.2, -0.15) is 0 Å². The van der Waals surface area contributed by atoms with E-state index in [1.807, 2.05) is 27.7 Å². The summed E-state index contributed by atoms with van der Waals surface area (Å²) in [4.78, 5) is 12.1. The minimum absolute atomic E-state index is 0.128. The molecule has 0 saturated heterocycles. The molecule has 94 valence electrons. The van der Waals surface area contributed by atoms with Crippen molar-refractivity contribution in [2.75, 3.05) is 0 Å². The normalized spacial score (nSPS) is 13.3. The molecule has 1 rings (SSSR count). The van der Waals surface area contributed by atoms with Gasteiger partial charge in [0.25, 0.3) is 5.91 Å². The second kappa shape index (κ2) is 5.28. The summed E-state index contributed by atoms with van der Waals surface area (Å²) in [5, 5.41) is 3.39. The number of rotatable bonds is 3. The van der Waals surface area contributed by atoms with Gasteiger partial charge in [0, 0.05) is 10.6 Å². The summed E-state index contributed by atoms with van der Waals surface area (Å²) in [6.45, 7) is 7.51. The van der Waals surface area contributed by atoms with Gasteiger partial charge in [0.15, 0.2) is 0 Å². The van der Waals surface area contributed by atoms with E-state index < -0.39 is 5.54 Å². The summed E-state index contributed by atoms with van der Waals surface area (Å²) < 4.78 is 0. The highest BCUT2D eigenvalue weighted by Crippen LogP contribution is 2.18. The molecule has 0 aromatic heterocycles. The lowest BCUT2D eigenvalue weighted by atomic mass is 10.00. The van der Waals surface area contributed by atoms with Gasteiger partial charge in [0.1, 0.15) is 0 Å². The van der Waals surface area contributed by atoms with Crippen LogP contribution >= 0.6 is 23.2 Å². The molecule has 0 spiro atoms. The predicted molar refractivity (Wildman–Crippen MR) is 73.0 cm³/mol. The van der Waals surface area contributed by atoms with Crippen LogP contribution < -0.4 is 5.32 Å². The number of halogens is 2. The lowest BCUT2D eigenvalue weighted by Gasteiger charge is -2.29. The van der Waals surface area contributed by atoms with E-state index in [-0.39, 0.29) is 11.3 Å². The van der Waals surface area contributed by atoms with Gasteiger partial charge in [0.2, 0.25) is 0 Å². The number of nitrogens with one attached hydrogen (secondary N) is 1. The topological polar surface area (TPSA) is 29.1 Å². The second-order valence-corrected chi connectivity index (χ2v) is 5.84. The summed E-state index contributed by atoms with van der Waals surface area (Å²) >= 11 is 11.9. The Hall–Kier alpha value is -0.730. The van der Waals surface area contributed by atoms with Gasteiger partial charge in [-0.1, -0.05) is 11.6 Å². The van der Waals surface area contributed by atoms with Crippen molar-refractivity contribution in [1.82, 2.24) is 5.32 Å². The first-order chi connectivity index (χ1) is 7.74. The first kappa shape index (κ1) is 14.3. The van der Waals surface area contributed by atoms with Crippen LogP contribution in [0.5, 0.6) is 0 Å². The first-order valence-electron chi connectivity index (χ1n) is 5.47. The maximum Gasteiger partial charge on any atom is 0.252 e. The minimum atomic E-state index is -0.454. The summed E-state index contributed by atoms with van der Waals surface area (Å²) in [6, 6.07) is 5.20. The molecule has 0 aliphatic carbocycles. The summed E-state index contributed by atoms with van der Waals surface area (Å²) in [7, 11) is 0. The highest BCUT2D eigenvalue weighted by atomic mass is 35.5. The molecule has 1 amide bonds. The Balaban J connectivity index is 2.91. The maximum absolute atomic E-state index is 12.1. The van der Waals surface area contributed by atoms with Gasteiger partial charge < -0.3 is 5.32 Å². The van der Waals surface area contributed by atoms with Crippen molar-refractivity contribution in [3.63, 3.8) is 0 Å². The predicted octanol–water partition coefficient (Wildman–Crippen LogP) is 3.78. The van der Waals surface area contributed by atoms with E-state index in [2.05, 4.69) is 5.32 Å². The molecule has 17 heavy (non-hydrogen) atoms. The lowest BCUT2D eigenvalue weighted by Crippen LogP contribution is -2.49. The van der Waals surface area contributed by atoms with Gasteiger partial charge in [0.05, 0.1) is 10.9 Å². The Labute approximate surface area is 112 Å². The summed E-state index contributed by atoms with van der Waals surface area (Å²) in [5.41, 5.74) is 1.03. The molecular weight excluding hydrogens is 257 g/mol. The quantitative estimate of drug-likeness (QED) is 0.835. The molecule has 0 radical (unpaired) electrons. The smallest absolute Gasteiger partial charge is 0.252 e. The van der Waals surface area contributed by atoms with Crippen molar-refractivity contribution in [2.45, 2.75) is 38.6 Å². The molecule has 2 nitrogen and oxygen atoms in total. The summed E-state index contributed by atoms with van der Waals surface area (Å²) in [5.74, 6) is -0.128. The van der Waals surface area contributed by atoms with Crippen LogP contribution in [0.1, 0.15) is 36.7 Å². The monoisotopic (exact) mass is 273 g/mol. The van der Waals surface area contributed by atoms with Gasteiger partial charge >= 0.3 is 0 Å². The molecule has 1 N–H and O–H groups in total. The highest BCUT2D eigenvalue weighted by molar-refractivity contribution is 6.30. The van der Waals surface area contributed by atoms with Gasteiger partial charge in [-0.25, -0.2) is 0 Å². The van der Waals surface area contributed by atoms with E-state index in [9.17, 15) is 4.79 Å². The Bertz CT molecular complexity index is 427. The molecule has 0 fully saturated rings. The molecule has 0 bridgehead atoms. The second-order valence-electron chi connectivity index (χ2n) is 4.75. The van der Waals surface area contributed by atoms with Gasteiger partial charge in [-0.15, -0.1) is 11.6 Å². The van der Waals surface area contributed by atoms with Crippen molar-refractivity contribution in [3.8, 4) is 0 Å². The largest absolute Gasteiger partial charge is 0.346 e. The van der Waals surface area contributed by atoms with Crippen LogP contribution in [-0.4, -0.2) is 16.8 Å². The Kier molecular flexibility index (Phi) is 4.45. The first-order valence-corrected chi connectivity index (χ1v) is 6.28. The fraction of sp³-hybridized carbons (Fsp3) is 0.462. The fourth-order valence-electron chi connectivity index (χ4n) is 1.34. The van der Waals surface area contributed by atoms with Crippen molar-refractivity contribution in [1.29, 1.82) is 0 Å². The standard InChI is InChI=1S/C13H17Cl2NO/c1-8-7-10(15)5-6-11(8)12(17)16-13(3,4)9(2)14/h5-7,9H,1-4H3,(H,16,17). The molecule has 1 unspecified atom stereocenters. The molecule has 0 aliphatic heterocycles. The molecule has 1 aromatic carbocycles. The fourth-order valence-corrected chi connectivity index (χ4v) is 1.62. The maximum atomic E-state index is 12.1. The number of carbonyl (C=O) groups excluding carboxylic acids is 1. The Morgan fingerprint density at radius 3 is 2.47 bits per heavy atom. The van der Waals surface area contributed by atoms with E-state index in [1.54, 1.807) is 18.2 Å². The van der Waals surface area contributed by atoms with E-state index in [4.69, 9.17) is 23.2 Å². The van der Waals surface area contributed by atoms with E-state index in [1.165, 1.54) is 0 Å². The number of amides is 1. The molecule has 0 heterocycles. The van der Waals surface area contributed by atoms with Crippen LogP contribution in [0.3, 0.4) is 0 Å². The van der Waals surface area contributed by atoms with Crippen molar-refractivity contribution in [3.05, 3.63) is 34.3 Å². The van der Waals surface area contributed by atoms with Crippen LogP contribution in [-0.2, 0) is 0 Å². The zero-order chi connectivity index (χ0) is 13.2. The zero-order valence-electron chi connectivity index (χ0n) is 10.5. The van der Waals surface area contributed by atoms with Crippen LogP contribution in [0.4, 0.5) is 0 Å². The highest BCUT2D eigenvalue weighted by Gasteiger charge is 2.26. The van der Waals surface area contributed by atoms with Crippen molar-refractivity contribution < 1.29 is 4.79 Å². The molecule has 0 saturated carbocycles. The third kappa shape index (κ3) is 3.62.